The lowest BCUT2D eigenvalue weighted by atomic mass is 10.1. The highest BCUT2D eigenvalue weighted by Gasteiger charge is 2.29. The Hall–Kier alpha value is -2.73. The smallest absolute Gasteiger partial charge is 0.214 e. The van der Waals surface area contributed by atoms with Gasteiger partial charge >= 0.3 is 0 Å². The van der Waals surface area contributed by atoms with Crippen LogP contribution in [0.2, 0.25) is 0 Å². The summed E-state index contributed by atoms with van der Waals surface area (Å²) in [5.74, 6) is -0.0634. The Morgan fingerprint density at radius 1 is 0.808 bits per heavy atom. The summed E-state index contributed by atoms with van der Waals surface area (Å²) in [6, 6.07) is 11.2. The van der Waals surface area contributed by atoms with Crippen molar-refractivity contribution in [2.75, 3.05) is 0 Å². The molecule has 0 radical (unpaired) electrons. The molecule has 0 bridgehead atoms. The van der Waals surface area contributed by atoms with Gasteiger partial charge in [-0.25, -0.2) is 9.97 Å². The van der Waals surface area contributed by atoms with Crippen LogP contribution in [0.1, 0.15) is 50.2 Å². The number of aromatic nitrogens is 4. The van der Waals surface area contributed by atoms with Crippen molar-refractivity contribution in [1.29, 1.82) is 0 Å². The van der Waals surface area contributed by atoms with Gasteiger partial charge in [0, 0.05) is 11.1 Å². The topological polar surface area (TPSA) is 68.6 Å². The van der Waals surface area contributed by atoms with Crippen LogP contribution in [-0.2, 0) is 0 Å². The van der Waals surface area contributed by atoms with Crippen LogP contribution in [-0.4, -0.2) is 24.5 Å². The van der Waals surface area contributed by atoms with Gasteiger partial charge in [0.05, 0.1) is 22.8 Å². The summed E-state index contributed by atoms with van der Waals surface area (Å²) in [4.78, 5) is 21.6. The molecule has 2 aromatic heterocycles. The van der Waals surface area contributed by atoms with Crippen LogP contribution < -0.4 is 0 Å². The zero-order chi connectivity index (χ0) is 18.7. The lowest BCUT2D eigenvalue weighted by Crippen LogP contribution is -2.00. The van der Waals surface area contributed by atoms with Crippen LogP contribution >= 0.6 is 11.7 Å². The Morgan fingerprint density at radius 2 is 1.31 bits per heavy atom. The maximum Gasteiger partial charge on any atom is 0.214 e. The average Bonchev–Trinajstić information content (AvgIpc) is 3.24. The lowest BCUT2D eigenvalue weighted by Gasteiger charge is -2.01. The van der Waals surface area contributed by atoms with Crippen LogP contribution in [0, 0.1) is 0 Å². The number of fused-ring (bicyclic) bond motifs is 5. The zero-order valence-corrected chi connectivity index (χ0v) is 16.1. The number of rotatable bonds is 0. The van der Waals surface area contributed by atoms with E-state index in [1.165, 1.54) is 6.42 Å². The highest BCUT2D eigenvalue weighted by atomic mass is 32.1. The van der Waals surface area contributed by atoms with Gasteiger partial charge < -0.3 is 0 Å². The molecule has 0 spiro atoms. The lowest BCUT2D eigenvalue weighted by molar-refractivity contribution is 0.103. The van der Waals surface area contributed by atoms with Gasteiger partial charge in [-0.05, 0) is 12.1 Å². The zero-order valence-electron chi connectivity index (χ0n) is 15.3. The molecule has 132 valence electrons. The third kappa shape index (κ3) is 2.97. The predicted molar refractivity (Wildman–Crippen MR) is 107 cm³/mol. The molecule has 0 atom stereocenters. The quantitative estimate of drug-likeness (QED) is 0.373. The van der Waals surface area contributed by atoms with E-state index in [4.69, 9.17) is 0 Å². The first-order valence-corrected chi connectivity index (χ1v) is 9.54. The first kappa shape index (κ1) is 18.1. The summed E-state index contributed by atoms with van der Waals surface area (Å²) in [5.41, 5.74) is 5.60. The molecule has 5 nitrogen and oxygen atoms in total. The van der Waals surface area contributed by atoms with E-state index in [-0.39, 0.29) is 5.78 Å². The first-order chi connectivity index (χ1) is 12.7. The molecule has 0 N–H and O–H groups in total. The number of nitrogens with zero attached hydrogens (tertiary/aromatic N) is 4. The van der Waals surface area contributed by atoms with Crippen molar-refractivity contribution in [1.82, 2.24) is 18.7 Å². The van der Waals surface area contributed by atoms with E-state index < -0.39 is 0 Å². The van der Waals surface area contributed by atoms with E-state index in [1.807, 2.05) is 50.2 Å². The van der Waals surface area contributed by atoms with E-state index in [0.717, 1.165) is 33.8 Å². The third-order valence-electron chi connectivity index (χ3n) is 3.68. The molecule has 0 unspecified atom stereocenters. The SMILES string of the molecule is CC.CCC.O=C1c2ccccc2-c2nc3cc4nsnc4cc3nc21. The van der Waals surface area contributed by atoms with Crippen molar-refractivity contribution in [3.63, 3.8) is 0 Å². The van der Waals surface area contributed by atoms with Gasteiger partial charge in [0.15, 0.2) is 0 Å². The molecule has 0 amide bonds. The molecule has 0 saturated heterocycles. The fourth-order valence-corrected chi connectivity index (χ4v) is 3.21. The maximum absolute atomic E-state index is 12.4. The second-order valence-electron chi connectivity index (χ2n) is 5.60. The predicted octanol–water partition coefficient (Wildman–Crippen LogP) is 5.29. The average molecular weight is 364 g/mol. The summed E-state index contributed by atoms with van der Waals surface area (Å²) in [7, 11) is 0. The van der Waals surface area contributed by atoms with Crippen molar-refractivity contribution in [3.05, 3.63) is 47.7 Å². The largest absolute Gasteiger partial charge is 0.287 e. The molecule has 6 heteroatoms. The Labute approximate surface area is 156 Å². The summed E-state index contributed by atoms with van der Waals surface area (Å²) < 4.78 is 8.42. The molecule has 4 aromatic rings. The van der Waals surface area contributed by atoms with Gasteiger partial charge in [-0.3, -0.25) is 4.79 Å². The van der Waals surface area contributed by atoms with Crippen LogP contribution in [0.25, 0.3) is 33.3 Å². The highest BCUT2D eigenvalue weighted by Crippen LogP contribution is 2.35. The van der Waals surface area contributed by atoms with Crippen molar-refractivity contribution in [3.8, 4) is 11.3 Å². The second-order valence-corrected chi connectivity index (χ2v) is 6.12. The molecular formula is C20H20N4OS. The van der Waals surface area contributed by atoms with E-state index in [9.17, 15) is 4.79 Å². The number of hydrogen-bond acceptors (Lipinski definition) is 6. The van der Waals surface area contributed by atoms with E-state index in [0.29, 0.717) is 22.5 Å². The standard InChI is InChI=1S/C15H6N4OS.C3H8.C2H6/c20-15-8-4-2-1-3-7(8)13-14(15)17-10-6-12-11(18-21-19-12)5-9(10)16-13;1-3-2;1-2/h1-6H;3H2,1-2H3;1-2H3. The molecular weight excluding hydrogens is 344 g/mol. The van der Waals surface area contributed by atoms with Crippen molar-refractivity contribution in [2.45, 2.75) is 34.1 Å². The summed E-state index contributed by atoms with van der Waals surface area (Å²) >= 11 is 1.16. The summed E-state index contributed by atoms with van der Waals surface area (Å²) in [6.07, 6.45) is 1.25. The first-order valence-electron chi connectivity index (χ1n) is 8.81. The number of hydrogen-bond donors (Lipinski definition) is 0. The monoisotopic (exact) mass is 364 g/mol. The van der Waals surface area contributed by atoms with Gasteiger partial charge in [-0.1, -0.05) is 58.4 Å². The minimum absolute atomic E-state index is 0.0634. The van der Waals surface area contributed by atoms with Crippen LogP contribution in [0.5, 0.6) is 0 Å². The molecule has 0 aliphatic heterocycles. The van der Waals surface area contributed by atoms with Crippen LogP contribution in [0.3, 0.4) is 0 Å². The van der Waals surface area contributed by atoms with Crippen molar-refractivity contribution >= 4 is 39.6 Å². The molecule has 26 heavy (non-hydrogen) atoms. The van der Waals surface area contributed by atoms with Crippen LogP contribution in [0.15, 0.2) is 36.4 Å². The normalized spacial score (nSPS) is 11.3. The molecule has 1 aliphatic rings. The minimum Gasteiger partial charge on any atom is -0.287 e. The third-order valence-corrected chi connectivity index (χ3v) is 4.24. The molecule has 2 heterocycles. The summed E-state index contributed by atoms with van der Waals surface area (Å²) in [6.45, 7) is 8.25. The highest BCUT2D eigenvalue weighted by molar-refractivity contribution is 7.00. The van der Waals surface area contributed by atoms with Crippen LogP contribution in [0.4, 0.5) is 0 Å². The fraction of sp³-hybridized carbons (Fsp3) is 0.250. The van der Waals surface area contributed by atoms with E-state index in [2.05, 4.69) is 32.6 Å². The molecule has 1 aliphatic carbocycles. The van der Waals surface area contributed by atoms with Gasteiger partial charge in [-0.15, -0.1) is 0 Å². The maximum atomic E-state index is 12.4. The molecule has 2 aromatic carbocycles. The molecule has 5 rings (SSSR count). The van der Waals surface area contributed by atoms with Gasteiger partial charge in [-0.2, -0.15) is 8.75 Å². The molecule has 0 fully saturated rings. The van der Waals surface area contributed by atoms with Gasteiger partial charge in [0.2, 0.25) is 5.78 Å². The Morgan fingerprint density at radius 3 is 1.88 bits per heavy atom. The number of carbonyl (C=O) groups is 1. The molecule has 0 saturated carbocycles. The van der Waals surface area contributed by atoms with Crippen molar-refractivity contribution in [2.24, 2.45) is 0 Å². The Kier molecular flexibility index (Phi) is 5.32. The fourth-order valence-electron chi connectivity index (χ4n) is 2.70. The second kappa shape index (κ2) is 7.66. The van der Waals surface area contributed by atoms with Gasteiger partial charge in [0.25, 0.3) is 0 Å². The van der Waals surface area contributed by atoms with Gasteiger partial charge in [0.1, 0.15) is 22.4 Å². The Balaban J connectivity index is 0.000000359. The van der Waals surface area contributed by atoms with Crippen molar-refractivity contribution < 1.29 is 4.79 Å². The van der Waals surface area contributed by atoms with E-state index >= 15 is 0 Å². The summed E-state index contributed by atoms with van der Waals surface area (Å²) in [5, 5.41) is 0. The number of benzene rings is 2. The number of ketones is 1. The van der Waals surface area contributed by atoms with E-state index in [1.54, 1.807) is 0 Å². The Bertz CT molecular complexity index is 1090. The number of carbonyl (C=O) groups excluding carboxylic acids is 1. The minimum atomic E-state index is -0.0634.